The Morgan fingerprint density at radius 1 is 1.03 bits per heavy atom. The number of carbonyl (C=O) groups is 3. The maximum Gasteiger partial charge on any atom is 0.263 e. The molecule has 3 N–H and O–H groups in total. The largest absolute Gasteiger partial charge is 0.490 e. The first kappa shape index (κ1) is 24.8. The van der Waals surface area contributed by atoms with Gasteiger partial charge in [0.15, 0.2) is 23.2 Å². The van der Waals surface area contributed by atoms with Crippen molar-refractivity contribution in [3.8, 4) is 11.5 Å². The number of anilines is 1. The van der Waals surface area contributed by atoms with Crippen molar-refractivity contribution in [1.82, 2.24) is 10.6 Å². The number of amides is 3. The molecule has 0 atom stereocenters. The highest BCUT2D eigenvalue weighted by atomic mass is 35.5. The highest BCUT2D eigenvalue weighted by molar-refractivity contribution is 7.80. The van der Waals surface area contributed by atoms with Crippen LogP contribution in [0.15, 0.2) is 35.9 Å². The van der Waals surface area contributed by atoms with Gasteiger partial charge in [0.2, 0.25) is 0 Å². The van der Waals surface area contributed by atoms with Crippen molar-refractivity contribution in [2.45, 2.75) is 6.92 Å². The van der Waals surface area contributed by atoms with Crippen LogP contribution >= 0.6 is 47.0 Å². The Kier molecular flexibility index (Phi) is 8.15. The van der Waals surface area contributed by atoms with E-state index >= 15 is 0 Å². The number of thiocarbonyl (C=S) groups is 1. The van der Waals surface area contributed by atoms with Crippen LogP contribution in [-0.2, 0) is 14.4 Å². The molecule has 0 radical (unpaired) electrons. The topological polar surface area (TPSA) is 106 Å². The van der Waals surface area contributed by atoms with E-state index in [0.29, 0.717) is 21.3 Å². The van der Waals surface area contributed by atoms with Gasteiger partial charge in [-0.2, -0.15) is 0 Å². The number of nitrogens with one attached hydrogen (secondary N) is 3. The first-order chi connectivity index (χ1) is 15.7. The molecule has 0 saturated carbocycles. The van der Waals surface area contributed by atoms with Crippen LogP contribution in [0.2, 0.25) is 15.1 Å². The van der Waals surface area contributed by atoms with Crippen LogP contribution in [0.25, 0.3) is 6.08 Å². The third-order valence-corrected chi connectivity index (χ3v) is 5.36. The molecule has 1 aliphatic heterocycles. The van der Waals surface area contributed by atoms with E-state index in [1.807, 2.05) is 0 Å². The zero-order valence-electron chi connectivity index (χ0n) is 17.0. The summed E-state index contributed by atoms with van der Waals surface area (Å²) in [6.07, 6.45) is 1.33. The number of halogens is 3. The van der Waals surface area contributed by atoms with Crippen LogP contribution < -0.4 is 25.4 Å². The first-order valence-corrected chi connectivity index (χ1v) is 10.9. The standard InChI is InChI=1S/C21H16Cl3N3O5S/c1-2-31-16-7-10(5-12-19(29)26-21(33)27-20(12)30)6-15(24)18(16)32-9-17(28)25-11-3-4-13(22)14(23)8-11/h3-8H,2,9H2,1H3,(H,25,28)(H2,26,27,29,30,33). The fraction of sp³-hybridized carbons (Fsp3) is 0.143. The summed E-state index contributed by atoms with van der Waals surface area (Å²) < 4.78 is 11.2. The predicted molar refractivity (Wildman–Crippen MR) is 130 cm³/mol. The van der Waals surface area contributed by atoms with Gasteiger partial charge >= 0.3 is 0 Å². The molecule has 2 aromatic rings. The molecule has 33 heavy (non-hydrogen) atoms. The molecule has 3 rings (SSSR count). The summed E-state index contributed by atoms with van der Waals surface area (Å²) in [7, 11) is 0. The fourth-order valence-electron chi connectivity index (χ4n) is 2.76. The Labute approximate surface area is 209 Å². The molecular formula is C21H16Cl3N3O5S. The van der Waals surface area contributed by atoms with Crippen LogP contribution in [0.3, 0.4) is 0 Å². The maximum atomic E-state index is 12.3. The lowest BCUT2D eigenvalue weighted by Crippen LogP contribution is -2.51. The van der Waals surface area contributed by atoms with Crippen molar-refractivity contribution >= 4 is 81.6 Å². The molecule has 12 heteroatoms. The number of benzene rings is 2. The Bertz CT molecular complexity index is 1160. The van der Waals surface area contributed by atoms with E-state index in [1.54, 1.807) is 19.1 Å². The number of rotatable bonds is 7. The molecular weight excluding hydrogens is 513 g/mol. The van der Waals surface area contributed by atoms with Gasteiger partial charge in [0, 0.05) is 5.69 Å². The highest BCUT2D eigenvalue weighted by Gasteiger charge is 2.26. The lowest BCUT2D eigenvalue weighted by atomic mass is 10.1. The summed E-state index contributed by atoms with van der Waals surface area (Å²) in [6.45, 7) is 1.66. The molecule has 2 aromatic carbocycles. The van der Waals surface area contributed by atoms with Gasteiger partial charge in [-0.15, -0.1) is 0 Å². The second-order valence-corrected chi connectivity index (χ2v) is 8.15. The summed E-state index contributed by atoms with van der Waals surface area (Å²) in [4.78, 5) is 36.4. The minimum Gasteiger partial charge on any atom is -0.490 e. The van der Waals surface area contributed by atoms with Crippen LogP contribution in [0, 0.1) is 0 Å². The van der Waals surface area contributed by atoms with Gasteiger partial charge in [0.05, 0.1) is 21.7 Å². The second kappa shape index (κ2) is 10.8. The lowest BCUT2D eigenvalue weighted by Gasteiger charge is -2.17. The van der Waals surface area contributed by atoms with E-state index < -0.39 is 17.7 Å². The molecule has 172 valence electrons. The van der Waals surface area contributed by atoms with Crippen molar-refractivity contribution < 1.29 is 23.9 Å². The molecule has 3 amide bonds. The maximum absolute atomic E-state index is 12.3. The van der Waals surface area contributed by atoms with Crippen molar-refractivity contribution in [2.24, 2.45) is 0 Å². The van der Waals surface area contributed by atoms with E-state index in [-0.39, 0.29) is 40.4 Å². The van der Waals surface area contributed by atoms with Gasteiger partial charge in [0.25, 0.3) is 17.7 Å². The molecule has 8 nitrogen and oxygen atoms in total. The minimum absolute atomic E-state index is 0.0712. The monoisotopic (exact) mass is 527 g/mol. The summed E-state index contributed by atoms with van der Waals surface area (Å²) >= 11 is 22.9. The summed E-state index contributed by atoms with van der Waals surface area (Å²) in [5.41, 5.74) is 0.695. The van der Waals surface area contributed by atoms with Gasteiger partial charge in [0.1, 0.15) is 5.57 Å². The van der Waals surface area contributed by atoms with Crippen LogP contribution in [0.5, 0.6) is 11.5 Å². The van der Waals surface area contributed by atoms with E-state index in [1.165, 1.54) is 24.3 Å². The number of ether oxygens (including phenoxy) is 2. The predicted octanol–water partition coefficient (Wildman–Crippen LogP) is 3.98. The van der Waals surface area contributed by atoms with Gasteiger partial charge in [-0.3, -0.25) is 25.0 Å². The zero-order valence-corrected chi connectivity index (χ0v) is 20.0. The highest BCUT2D eigenvalue weighted by Crippen LogP contribution is 2.37. The molecule has 0 unspecified atom stereocenters. The molecule has 1 saturated heterocycles. The van der Waals surface area contributed by atoms with Gasteiger partial charge in [-0.1, -0.05) is 34.8 Å². The Hall–Kier alpha value is -2.85. The van der Waals surface area contributed by atoms with Crippen LogP contribution in [0.1, 0.15) is 12.5 Å². The third-order valence-electron chi connectivity index (χ3n) is 4.14. The number of hydrogen-bond donors (Lipinski definition) is 3. The van der Waals surface area contributed by atoms with Crippen molar-refractivity contribution in [3.05, 3.63) is 56.5 Å². The molecule has 0 spiro atoms. The summed E-state index contributed by atoms with van der Waals surface area (Å²) in [6, 6.07) is 7.65. The Morgan fingerprint density at radius 3 is 2.36 bits per heavy atom. The zero-order chi connectivity index (χ0) is 24.1. The number of carbonyl (C=O) groups excluding carboxylic acids is 3. The molecule has 1 heterocycles. The van der Waals surface area contributed by atoms with Crippen LogP contribution in [0.4, 0.5) is 5.69 Å². The fourth-order valence-corrected chi connectivity index (χ4v) is 3.51. The SMILES string of the molecule is CCOc1cc(C=C2C(=O)NC(=S)NC2=O)cc(Cl)c1OCC(=O)Nc1ccc(Cl)c(Cl)c1. The minimum atomic E-state index is -0.642. The Morgan fingerprint density at radius 2 is 1.73 bits per heavy atom. The summed E-state index contributed by atoms with van der Waals surface area (Å²) in [5, 5.41) is 8.03. The molecule has 1 aliphatic rings. The smallest absolute Gasteiger partial charge is 0.263 e. The van der Waals surface area contributed by atoms with Crippen molar-refractivity contribution in [3.63, 3.8) is 0 Å². The lowest BCUT2D eigenvalue weighted by molar-refractivity contribution is -0.123. The number of hydrogen-bond acceptors (Lipinski definition) is 6. The van der Waals surface area contributed by atoms with Crippen molar-refractivity contribution in [2.75, 3.05) is 18.5 Å². The first-order valence-electron chi connectivity index (χ1n) is 9.40. The molecule has 0 bridgehead atoms. The Balaban J connectivity index is 1.78. The van der Waals surface area contributed by atoms with E-state index in [0.717, 1.165) is 0 Å². The molecule has 0 aromatic heterocycles. The van der Waals surface area contributed by atoms with E-state index in [9.17, 15) is 14.4 Å². The quantitative estimate of drug-likeness (QED) is 0.285. The van der Waals surface area contributed by atoms with Gasteiger partial charge < -0.3 is 14.8 Å². The second-order valence-electron chi connectivity index (χ2n) is 6.52. The van der Waals surface area contributed by atoms with Gasteiger partial charge in [-0.25, -0.2) is 0 Å². The molecule has 1 fully saturated rings. The molecule has 0 aliphatic carbocycles. The average molecular weight is 529 g/mol. The average Bonchev–Trinajstić information content (AvgIpc) is 2.73. The van der Waals surface area contributed by atoms with Crippen LogP contribution in [-0.4, -0.2) is 36.0 Å². The van der Waals surface area contributed by atoms with E-state index in [4.69, 9.17) is 56.5 Å². The third kappa shape index (κ3) is 6.35. The van der Waals surface area contributed by atoms with Gasteiger partial charge in [-0.05, 0) is 61.1 Å². The van der Waals surface area contributed by atoms with E-state index in [2.05, 4.69) is 16.0 Å². The normalized spacial score (nSPS) is 13.2. The van der Waals surface area contributed by atoms with Crippen molar-refractivity contribution in [1.29, 1.82) is 0 Å². The summed E-state index contributed by atoms with van der Waals surface area (Å²) in [5.74, 6) is -1.39.